The van der Waals surface area contributed by atoms with E-state index in [1.54, 1.807) is 6.92 Å². The van der Waals surface area contributed by atoms with Gasteiger partial charge in [-0.3, -0.25) is 0 Å². The Hall–Kier alpha value is -1.59. The lowest BCUT2D eigenvalue weighted by molar-refractivity contribution is 0.316. The minimum atomic E-state index is 0.218. The topological polar surface area (TPSA) is 89.3 Å². The number of hydrogen-bond acceptors (Lipinski definition) is 5. The van der Waals surface area contributed by atoms with Gasteiger partial charge in [0.1, 0.15) is 6.33 Å². The lowest BCUT2D eigenvalue weighted by Crippen LogP contribution is -2.07. The molecule has 0 radical (unpaired) electrons. The van der Waals surface area contributed by atoms with E-state index in [1.807, 2.05) is 0 Å². The SMILES string of the molecule is C/C(Cn1cnc(N)n1)=N\O. The predicted molar refractivity (Wildman–Crippen MR) is 39.3 cm³/mol. The van der Waals surface area contributed by atoms with Gasteiger partial charge in [0.25, 0.3) is 0 Å². The van der Waals surface area contributed by atoms with E-state index in [2.05, 4.69) is 15.2 Å². The molecule has 1 rings (SSSR count). The number of oxime groups is 1. The van der Waals surface area contributed by atoms with Crippen molar-refractivity contribution in [3.8, 4) is 0 Å². The van der Waals surface area contributed by atoms with E-state index in [0.717, 1.165) is 0 Å². The van der Waals surface area contributed by atoms with Gasteiger partial charge in [0.15, 0.2) is 0 Å². The van der Waals surface area contributed by atoms with Gasteiger partial charge in [0, 0.05) is 0 Å². The average Bonchev–Trinajstić information content (AvgIpc) is 2.35. The van der Waals surface area contributed by atoms with Gasteiger partial charge in [-0.25, -0.2) is 9.67 Å². The van der Waals surface area contributed by atoms with Crippen molar-refractivity contribution in [2.24, 2.45) is 5.16 Å². The zero-order valence-corrected chi connectivity index (χ0v) is 6.10. The number of nitrogen functional groups attached to an aromatic ring is 1. The molecule has 0 aromatic carbocycles. The lowest BCUT2D eigenvalue weighted by atomic mass is 10.4. The third-order valence-corrected chi connectivity index (χ3v) is 1.12. The van der Waals surface area contributed by atoms with Gasteiger partial charge in [-0.15, -0.1) is 5.10 Å². The fourth-order valence-corrected chi connectivity index (χ4v) is 0.651. The Morgan fingerprint density at radius 1 is 1.91 bits per heavy atom. The first-order valence-corrected chi connectivity index (χ1v) is 3.05. The molecule has 0 atom stereocenters. The van der Waals surface area contributed by atoms with Crippen LogP contribution in [0, 0.1) is 0 Å². The van der Waals surface area contributed by atoms with Crippen LogP contribution in [0.3, 0.4) is 0 Å². The molecule has 6 nitrogen and oxygen atoms in total. The number of hydrogen-bond donors (Lipinski definition) is 2. The summed E-state index contributed by atoms with van der Waals surface area (Å²) in [5.41, 5.74) is 5.80. The lowest BCUT2D eigenvalue weighted by Gasteiger charge is -1.95. The standard InChI is InChI=1S/C5H9N5O/c1-4(9-11)2-10-3-7-5(6)8-10/h3,11H,2H2,1H3,(H2,6,8)/b9-4+. The summed E-state index contributed by atoms with van der Waals surface area (Å²) < 4.78 is 1.49. The van der Waals surface area contributed by atoms with Crippen molar-refractivity contribution < 1.29 is 5.21 Å². The summed E-state index contributed by atoms with van der Waals surface area (Å²) in [5.74, 6) is 0.218. The summed E-state index contributed by atoms with van der Waals surface area (Å²) in [4.78, 5) is 3.70. The first-order valence-electron chi connectivity index (χ1n) is 3.05. The quantitative estimate of drug-likeness (QED) is 0.349. The molecule has 1 heterocycles. The van der Waals surface area contributed by atoms with Gasteiger partial charge in [-0.2, -0.15) is 0 Å². The monoisotopic (exact) mass is 155 g/mol. The molecule has 0 aliphatic heterocycles. The van der Waals surface area contributed by atoms with Gasteiger partial charge in [0.05, 0.1) is 12.3 Å². The smallest absolute Gasteiger partial charge is 0.239 e. The van der Waals surface area contributed by atoms with Crippen molar-refractivity contribution in [2.75, 3.05) is 5.73 Å². The van der Waals surface area contributed by atoms with Crippen molar-refractivity contribution in [1.82, 2.24) is 14.8 Å². The van der Waals surface area contributed by atoms with E-state index in [0.29, 0.717) is 12.3 Å². The molecule has 0 saturated carbocycles. The second kappa shape index (κ2) is 3.00. The fraction of sp³-hybridized carbons (Fsp3) is 0.400. The van der Waals surface area contributed by atoms with Gasteiger partial charge < -0.3 is 10.9 Å². The Labute approximate surface area is 63.3 Å². The molecule has 0 aliphatic carbocycles. The van der Waals surface area contributed by atoms with E-state index >= 15 is 0 Å². The van der Waals surface area contributed by atoms with Crippen LogP contribution in [0.5, 0.6) is 0 Å². The maximum absolute atomic E-state index is 8.30. The van der Waals surface area contributed by atoms with Crippen molar-refractivity contribution in [3.63, 3.8) is 0 Å². The Kier molecular flexibility index (Phi) is 2.05. The highest BCUT2D eigenvalue weighted by Gasteiger charge is 1.96. The van der Waals surface area contributed by atoms with Crippen LogP contribution in [0.1, 0.15) is 6.92 Å². The molecule has 0 spiro atoms. The first-order chi connectivity index (χ1) is 5.22. The molecule has 0 amide bonds. The number of nitrogens with zero attached hydrogens (tertiary/aromatic N) is 4. The molecule has 0 saturated heterocycles. The zero-order valence-electron chi connectivity index (χ0n) is 6.10. The molecule has 1 aromatic heterocycles. The van der Waals surface area contributed by atoms with Gasteiger partial charge in [0.2, 0.25) is 5.95 Å². The molecule has 60 valence electrons. The Bertz CT molecular complexity index is 266. The van der Waals surface area contributed by atoms with Crippen molar-refractivity contribution in [2.45, 2.75) is 13.5 Å². The molecule has 1 aromatic rings. The van der Waals surface area contributed by atoms with Crippen LogP contribution in [0.15, 0.2) is 11.5 Å². The van der Waals surface area contributed by atoms with E-state index in [1.165, 1.54) is 11.0 Å². The van der Waals surface area contributed by atoms with Gasteiger partial charge >= 0.3 is 0 Å². The number of rotatable bonds is 2. The van der Waals surface area contributed by atoms with Crippen LogP contribution in [0.4, 0.5) is 5.95 Å². The number of anilines is 1. The summed E-state index contributed by atoms with van der Waals surface area (Å²) in [6, 6.07) is 0. The number of aromatic nitrogens is 3. The third kappa shape index (κ3) is 1.92. The second-order valence-electron chi connectivity index (χ2n) is 2.14. The summed E-state index contributed by atoms with van der Waals surface area (Å²) >= 11 is 0. The Balaban J connectivity index is 2.65. The summed E-state index contributed by atoms with van der Waals surface area (Å²) in [6.45, 7) is 2.08. The molecule has 0 aliphatic rings. The van der Waals surface area contributed by atoms with Gasteiger partial charge in [-0.1, -0.05) is 5.16 Å². The summed E-state index contributed by atoms with van der Waals surface area (Å²) in [5, 5.41) is 15.1. The highest BCUT2D eigenvalue weighted by Crippen LogP contribution is 1.89. The Morgan fingerprint density at radius 3 is 3.09 bits per heavy atom. The van der Waals surface area contributed by atoms with Gasteiger partial charge in [-0.05, 0) is 6.92 Å². The van der Waals surface area contributed by atoms with Crippen LogP contribution < -0.4 is 5.73 Å². The average molecular weight is 155 g/mol. The Morgan fingerprint density at radius 2 is 2.64 bits per heavy atom. The van der Waals surface area contributed by atoms with Crippen LogP contribution in [-0.2, 0) is 6.54 Å². The maximum Gasteiger partial charge on any atom is 0.239 e. The molecule has 0 bridgehead atoms. The number of nitrogens with two attached hydrogens (primary N) is 1. The molecule has 0 unspecified atom stereocenters. The molecule has 0 fully saturated rings. The van der Waals surface area contributed by atoms with Crippen LogP contribution in [0.2, 0.25) is 0 Å². The van der Waals surface area contributed by atoms with Crippen molar-refractivity contribution in [3.05, 3.63) is 6.33 Å². The summed E-state index contributed by atoms with van der Waals surface area (Å²) in [7, 11) is 0. The zero-order chi connectivity index (χ0) is 8.27. The van der Waals surface area contributed by atoms with Crippen LogP contribution in [-0.4, -0.2) is 25.7 Å². The maximum atomic E-state index is 8.30. The first kappa shape index (κ1) is 7.52. The van der Waals surface area contributed by atoms with Crippen LogP contribution in [0.25, 0.3) is 0 Å². The minimum Gasteiger partial charge on any atom is -0.411 e. The molecular formula is C5H9N5O. The molecule has 11 heavy (non-hydrogen) atoms. The van der Waals surface area contributed by atoms with Crippen molar-refractivity contribution in [1.29, 1.82) is 0 Å². The predicted octanol–water partition coefficient (Wildman–Crippen LogP) is -0.290. The molecule has 3 N–H and O–H groups in total. The second-order valence-corrected chi connectivity index (χ2v) is 2.14. The highest BCUT2D eigenvalue weighted by atomic mass is 16.4. The van der Waals surface area contributed by atoms with E-state index in [4.69, 9.17) is 10.9 Å². The normalized spacial score (nSPS) is 11.9. The fourth-order valence-electron chi connectivity index (χ4n) is 0.651. The summed E-state index contributed by atoms with van der Waals surface area (Å²) in [6.07, 6.45) is 1.48. The minimum absolute atomic E-state index is 0.218. The third-order valence-electron chi connectivity index (χ3n) is 1.12. The van der Waals surface area contributed by atoms with E-state index in [9.17, 15) is 0 Å². The van der Waals surface area contributed by atoms with E-state index < -0.39 is 0 Å². The van der Waals surface area contributed by atoms with E-state index in [-0.39, 0.29) is 5.95 Å². The van der Waals surface area contributed by atoms with Crippen LogP contribution >= 0.6 is 0 Å². The molecule has 6 heteroatoms. The van der Waals surface area contributed by atoms with Crippen molar-refractivity contribution >= 4 is 11.7 Å². The largest absolute Gasteiger partial charge is 0.411 e. The molecular weight excluding hydrogens is 146 g/mol. The highest BCUT2D eigenvalue weighted by molar-refractivity contribution is 5.80.